The van der Waals surface area contributed by atoms with E-state index in [0.29, 0.717) is 37.7 Å². The van der Waals surface area contributed by atoms with Crippen LogP contribution in [-0.4, -0.2) is 74.1 Å². The molecule has 0 saturated carbocycles. The maximum atomic E-state index is 13.1. The number of hydrogen-bond acceptors (Lipinski definition) is 3. The first-order valence-electron chi connectivity index (χ1n) is 9.38. The number of nitrogens with zero attached hydrogens (tertiary/aromatic N) is 3. The molecule has 1 amide bonds. The molecule has 0 radical (unpaired) electrons. The third-order valence-electron chi connectivity index (χ3n) is 5.00. The van der Waals surface area contributed by atoms with Gasteiger partial charge in [0.05, 0.1) is 0 Å². The fourth-order valence-corrected chi connectivity index (χ4v) is 3.74. The zero-order valence-corrected chi connectivity index (χ0v) is 16.3. The van der Waals surface area contributed by atoms with E-state index in [1.54, 1.807) is 13.1 Å². The van der Waals surface area contributed by atoms with Crippen molar-refractivity contribution in [2.24, 2.45) is 4.99 Å². The van der Waals surface area contributed by atoms with E-state index in [2.05, 4.69) is 15.2 Å². The largest absolute Gasteiger partial charge is 0.368 e. The van der Waals surface area contributed by atoms with Gasteiger partial charge in [-0.15, -0.1) is 0 Å². The second-order valence-corrected chi connectivity index (χ2v) is 7.18. The van der Waals surface area contributed by atoms with Crippen LogP contribution < -0.4 is 5.32 Å². The first-order valence-corrected chi connectivity index (χ1v) is 9.76. The van der Waals surface area contributed by atoms with Crippen molar-refractivity contribution in [3.63, 3.8) is 0 Å². The molecule has 27 heavy (non-hydrogen) atoms. The molecule has 1 aromatic rings. The summed E-state index contributed by atoms with van der Waals surface area (Å²) < 4.78 is 18.6. The lowest BCUT2D eigenvalue weighted by molar-refractivity contribution is -0.142. The third-order valence-corrected chi connectivity index (χ3v) is 5.35. The quantitative estimate of drug-likeness (QED) is 0.624. The zero-order valence-electron chi connectivity index (χ0n) is 15.6. The Hall–Kier alpha value is -1.86. The van der Waals surface area contributed by atoms with Gasteiger partial charge in [-0.2, -0.15) is 0 Å². The number of carbonyl (C=O) groups is 1. The number of hydrogen-bond donors (Lipinski definition) is 1. The topological polar surface area (TPSA) is 57.2 Å². The maximum absolute atomic E-state index is 13.1. The van der Waals surface area contributed by atoms with Crippen molar-refractivity contribution in [2.45, 2.75) is 25.4 Å². The first-order chi connectivity index (χ1) is 13.1. The van der Waals surface area contributed by atoms with E-state index in [-0.39, 0.29) is 17.8 Å². The fourth-order valence-electron chi connectivity index (χ4n) is 3.48. The van der Waals surface area contributed by atoms with Gasteiger partial charge in [-0.3, -0.25) is 9.79 Å². The molecule has 1 aromatic carbocycles. The molecule has 0 bridgehead atoms. The van der Waals surface area contributed by atoms with Crippen molar-refractivity contribution in [1.29, 1.82) is 0 Å². The summed E-state index contributed by atoms with van der Waals surface area (Å²) in [7, 11) is 1.75. The highest BCUT2D eigenvalue weighted by Gasteiger charge is 2.30. The third kappa shape index (κ3) is 5.11. The Labute approximate surface area is 164 Å². The second-order valence-electron chi connectivity index (χ2n) is 6.77. The molecule has 0 aromatic heterocycles. The number of nitrogens with one attached hydrogen (secondary N) is 1. The molecule has 2 heterocycles. The molecule has 0 aliphatic carbocycles. The number of ether oxygens (including phenoxy) is 1. The Morgan fingerprint density at radius 2 is 2.07 bits per heavy atom. The van der Waals surface area contributed by atoms with Crippen LogP contribution in [0, 0.1) is 5.82 Å². The lowest BCUT2D eigenvalue weighted by atomic mass is 10.1. The van der Waals surface area contributed by atoms with Crippen molar-refractivity contribution in [3.8, 4) is 0 Å². The molecule has 0 spiro atoms. The highest BCUT2D eigenvalue weighted by Crippen LogP contribution is 2.18. The van der Waals surface area contributed by atoms with Crippen LogP contribution in [0.4, 0.5) is 4.39 Å². The minimum Gasteiger partial charge on any atom is -0.368 e. The minimum atomic E-state index is -0.331. The normalized spacial score (nSPS) is 20.9. The number of rotatable bonds is 4. The first kappa shape index (κ1) is 19.9. The van der Waals surface area contributed by atoms with Crippen LogP contribution in [0.15, 0.2) is 23.2 Å². The van der Waals surface area contributed by atoms with Crippen molar-refractivity contribution < 1.29 is 13.9 Å². The van der Waals surface area contributed by atoms with E-state index >= 15 is 0 Å². The minimum absolute atomic E-state index is 0.112. The van der Waals surface area contributed by atoms with E-state index in [1.807, 2.05) is 4.90 Å². The van der Waals surface area contributed by atoms with Crippen LogP contribution in [0.2, 0.25) is 5.02 Å². The average Bonchev–Trinajstić information content (AvgIpc) is 3.21. The van der Waals surface area contributed by atoms with Gasteiger partial charge in [-0.25, -0.2) is 4.39 Å². The average molecular weight is 397 g/mol. The molecule has 2 aliphatic rings. The molecule has 3 rings (SSSR count). The molecular formula is C19H26ClFN4O2. The molecule has 6 nitrogen and oxygen atoms in total. The Bertz CT molecular complexity index is 686. The Kier molecular flexibility index (Phi) is 6.90. The molecule has 1 atom stereocenters. The van der Waals surface area contributed by atoms with Crippen LogP contribution in [0.5, 0.6) is 0 Å². The number of piperazine rings is 1. The van der Waals surface area contributed by atoms with Crippen molar-refractivity contribution >= 4 is 23.5 Å². The predicted molar refractivity (Wildman–Crippen MR) is 104 cm³/mol. The van der Waals surface area contributed by atoms with Crippen LogP contribution >= 0.6 is 11.6 Å². The Morgan fingerprint density at radius 1 is 1.33 bits per heavy atom. The summed E-state index contributed by atoms with van der Waals surface area (Å²) in [6.07, 6.45) is 2.21. The van der Waals surface area contributed by atoms with E-state index < -0.39 is 0 Å². The van der Waals surface area contributed by atoms with Crippen molar-refractivity contribution in [1.82, 2.24) is 15.1 Å². The summed E-state index contributed by atoms with van der Waals surface area (Å²) >= 11 is 6.07. The molecule has 148 valence electrons. The smallest absolute Gasteiger partial charge is 0.251 e. The van der Waals surface area contributed by atoms with Crippen LogP contribution in [0.3, 0.4) is 0 Å². The van der Waals surface area contributed by atoms with Crippen LogP contribution in [0.1, 0.15) is 18.4 Å². The summed E-state index contributed by atoms with van der Waals surface area (Å²) in [4.78, 5) is 20.8. The number of amides is 1. The summed E-state index contributed by atoms with van der Waals surface area (Å²) in [5, 5.41) is 3.76. The van der Waals surface area contributed by atoms with Gasteiger partial charge in [0.15, 0.2) is 5.96 Å². The second kappa shape index (κ2) is 9.37. The zero-order chi connectivity index (χ0) is 19.2. The number of guanidine groups is 1. The Balaban J connectivity index is 1.45. The van der Waals surface area contributed by atoms with E-state index in [4.69, 9.17) is 16.3 Å². The van der Waals surface area contributed by atoms with E-state index in [9.17, 15) is 9.18 Å². The molecule has 8 heteroatoms. The lowest BCUT2D eigenvalue weighted by Gasteiger charge is -2.37. The summed E-state index contributed by atoms with van der Waals surface area (Å²) in [6, 6.07) is 4.45. The van der Waals surface area contributed by atoms with Gasteiger partial charge in [0.1, 0.15) is 11.9 Å². The monoisotopic (exact) mass is 396 g/mol. The van der Waals surface area contributed by atoms with Crippen LogP contribution in [0.25, 0.3) is 0 Å². The van der Waals surface area contributed by atoms with E-state index in [0.717, 1.165) is 37.5 Å². The van der Waals surface area contributed by atoms with Gasteiger partial charge in [0, 0.05) is 51.4 Å². The van der Waals surface area contributed by atoms with Gasteiger partial charge in [-0.05, 0) is 37.0 Å². The predicted octanol–water partition coefficient (Wildman–Crippen LogP) is 1.92. The summed E-state index contributed by atoms with van der Waals surface area (Å²) in [6.45, 7) is 4.13. The lowest BCUT2D eigenvalue weighted by Crippen LogP contribution is -2.55. The summed E-state index contributed by atoms with van der Waals surface area (Å²) in [5.74, 6) is 0.585. The molecule has 2 aliphatic heterocycles. The fraction of sp³-hybridized carbons (Fsp3) is 0.579. The molecular weight excluding hydrogens is 371 g/mol. The Morgan fingerprint density at radius 3 is 2.70 bits per heavy atom. The standard InChI is InChI=1S/C19H26ClFN4O2/c1-22-19(23-7-6-14-4-5-15(21)13-16(14)20)25-10-8-24(9-11-25)18(26)17-3-2-12-27-17/h4-5,13,17H,2-3,6-12H2,1H3,(H,22,23). The van der Waals surface area contributed by atoms with Gasteiger partial charge in [0.25, 0.3) is 5.91 Å². The molecule has 2 saturated heterocycles. The van der Waals surface area contributed by atoms with Crippen LogP contribution in [-0.2, 0) is 16.0 Å². The molecule has 1 N–H and O–H groups in total. The van der Waals surface area contributed by atoms with Gasteiger partial charge >= 0.3 is 0 Å². The van der Waals surface area contributed by atoms with E-state index in [1.165, 1.54) is 12.1 Å². The number of halogens is 2. The highest BCUT2D eigenvalue weighted by atomic mass is 35.5. The molecule has 2 fully saturated rings. The van der Waals surface area contributed by atoms with Crippen molar-refractivity contribution in [2.75, 3.05) is 46.4 Å². The summed E-state index contributed by atoms with van der Waals surface area (Å²) in [5.41, 5.74) is 0.896. The van der Waals surface area contributed by atoms with Gasteiger partial charge in [0.2, 0.25) is 0 Å². The number of aliphatic imine (C=N–C) groups is 1. The highest BCUT2D eigenvalue weighted by molar-refractivity contribution is 6.31. The van der Waals surface area contributed by atoms with Gasteiger partial charge in [-0.1, -0.05) is 17.7 Å². The SMILES string of the molecule is CN=C(NCCc1ccc(F)cc1Cl)N1CCN(C(=O)C2CCCO2)CC1. The van der Waals surface area contributed by atoms with Gasteiger partial charge < -0.3 is 19.9 Å². The van der Waals surface area contributed by atoms with Crippen molar-refractivity contribution in [3.05, 3.63) is 34.6 Å². The molecule has 1 unspecified atom stereocenters. The number of benzene rings is 1. The maximum Gasteiger partial charge on any atom is 0.251 e. The number of carbonyl (C=O) groups excluding carboxylic acids is 1.